The first-order valence-electron chi connectivity index (χ1n) is 5.88. The summed E-state index contributed by atoms with van der Waals surface area (Å²) in [5, 5.41) is 0. The van der Waals surface area contributed by atoms with E-state index in [4.69, 9.17) is 0 Å². The number of urea groups is 1. The summed E-state index contributed by atoms with van der Waals surface area (Å²) in [5.41, 5.74) is 2.45. The summed E-state index contributed by atoms with van der Waals surface area (Å²) in [6.07, 6.45) is 2.65. The van der Waals surface area contributed by atoms with Gasteiger partial charge in [0, 0.05) is 25.8 Å². The summed E-state index contributed by atoms with van der Waals surface area (Å²) in [7, 11) is 1.85. The fourth-order valence-corrected chi connectivity index (χ4v) is 2.23. The van der Waals surface area contributed by atoms with Crippen LogP contribution in [-0.2, 0) is 0 Å². The second-order valence-corrected chi connectivity index (χ2v) is 4.72. The Bertz CT molecular complexity index is 408. The molecule has 1 aromatic rings. The highest BCUT2D eigenvalue weighted by atomic mass is 16.2. The highest BCUT2D eigenvalue weighted by molar-refractivity contribution is 5.93. The standard InChI is InChI=1S/C13H16N2O/c1-14-8-9-15(13(14)16)12-6-4-11(5-7-12)10-2-3-10/h4-7,10H,2-3,8-9H2,1H3. The maximum absolute atomic E-state index is 11.8. The molecular weight excluding hydrogens is 200 g/mol. The van der Waals surface area contributed by atoms with Crippen molar-refractivity contribution in [1.29, 1.82) is 0 Å². The number of hydrogen-bond donors (Lipinski definition) is 0. The molecule has 0 unspecified atom stereocenters. The van der Waals surface area contributed by atoms with Gasteiger partial charge in [0.15, 0.2) is 0 Å². The smallest absolute Gasteiger partial charge is 0.324 e. The van der Waals surface area contributed by atoms with E-state index in [1.807, 2.05) is 11.9 Å². The molecule has 3 nitrogen and oxygen atoms in total. The highest BCUT2D eigenvalue weighted by Gasteiger charge is 2.27. The Labute approximate surface area is 95.7 Å². The van der Waals surface area contributed by atoms with E-state index in [0.29, 0.717) is 0 Å². The second-order valence-electron chi connectivity index (χ2n) is 4.72. The third kappa shape index (κ3) is 1.56. The van der Waals surface area contributed by atoms with Crippen molar-refractivity contribution in [2.24, 2.45) is 0 Å². The third-order valence-electron chi connectivity index (χ3n) is 3.47. The molecule has 2 fully saturated rings. The van der Waals surface area contributed by atoms with Crippen LogP contribution in [0.3, 0.4) is 0 Å². The van der Waals surface area contributed by atoms with Crippen molar-refractivity contribution in [3.05, 3.63) is 29.8 Å². The minimum Gasteiger partial charge on any atom is -0.326 e. The van der Waals surface area contributed by atoms with E-state index in [2.05, 4.69) is 24.3 Å². The van der Waals surface area contributed by atoms with Gasteiger partial charge in [0.1, 0.15) is 0 Å². The van der Waals surface area contributed by atoms with Crippen molar-refractivity contribution in [1.82, 2.24) is 4.90 Å². The van der Waals surface area contributed by atoms with E-state index < -0.39 is 0 Å². The topological polar surface area (TPSA) is 23.6 Å². The van der Waals surface area contributed by atoms with Crippen molar-refractivity contribution in [2.75, 3.05) is 25.0 Å². The van der Waals surface area contributed by atoms with Crippen molar-refractivity contribution in [3.8, 4) is 0 Å². The zero-order valence-corrected chi connectivity index (χ0v) is 9.52. The molecule has 2 aliphatic rings. The van der Waals surface area contributed by atoms with Crippen LogP contribution in [0, 0.1) is 0 Å². The van der Waals surface area contributed by atoms with Crippen LogP contribution in [0.25, 0.3) is 0 Å². The molecule has 0 radical (unpaired) electrons. The van der Waals surface area contributed by atoms with Gasteiger partial charge in [-0.2, -0.15) is 0 Å². The number of likely N-dealkylation sites (N-methyl/N-ethyl adjacent to an activating group) is 1. The van der Waals surface area contributed by atoms with Crippen molar-refractivity contribution in [3.63, 3.8) is 0 Å². The molecule has 1 saturated carbocycles. The predicted molar refractivity (Wildman–Crippen MR) is 63.8 cm³/mol. The van der Waals surface area contributed by atoms with E-state index in [-0.39, 0.29) is 6.03 Å². The molecule has 0 aromatic heterocycles. The SMILES string of the molecule is CN1CCN(c2ccc(C3CC3)cc2)C1=O. The fraction of sp³-hybridized carbons (Fsp3) is 0.462. The first kappa shape index (κ1) is 9.70. The van der Waals surface area contributed by atoms with Gasteiger partial charge in [-0.3, -0.25) is 4.90 Å². The molecular formula is C13H16N2O. The van der Waals surface area contributed by atoms with Gasteiger partial charge in [0.2, 0.25) is 0 Å². The van der Waals surface area contributed by atoms with Gasteiger partial charge >= 0.3 is 6.03 Å². The molecule has 1 aromatic carbocycles. The summed E-state index contributed by atoms with van der Waals surface area (Å²) < 4.78 is 0. The zero-order valence-electron chi connectivity index (χ0n) is 9.52. The van der Waals surface area contributed by atoms with Crippen LogP contribution in [0.1, 0.15) is 24.3 Å². The van der Waals surface area contributed by atoms with Gasteiger partial charge in [-0.05, 0) is 36.5 Å². The zero-order chi connectivity index (χ0) is 11.1. The Kier molecular flexibility index (Phi) is 2.13. The molecule has 0 atom stereocenters. The van der Waals surface area contributed by atoms with E-state index in [9.17, 15) is 4.79 Å². The monoisotopic (exact) mass is 216 g/mol. The number of carbonyl (C=O) groups excluding carboxylic acids is 1. The molecule has 0 bridgehead atoms. The average molecular weight is 216 g/mol. The minimum atomic E-state index is 0.110. The number of carbonyl (C=O) groups is 1. The maximum Gasteiger partial charge on any atom is 0.324 e. The first-order chi connectivity index (χ1) is 7.75. The molecule has 2 amide bonds. The molecule has 0 spiro atoms. The lowest BCUT2D eigenvalue weighted by Gasteiger charge is -2.16. The molecule has 1 aliphatic carbocycles. The largest absolute Gasteiger partial charge is 0.326 e. The average Bonchev–Trinajstić information content (AvgIpc) is 3.09. The Morgan fingerprint density at radius 3 is 2.31 bits per heavy atom. The van der Waals surface area contributed by atoms with Gasteiger partial charge in [0.05, 0.1) is 0 Å². The number of rotatable bonds is 2. The Morgan fingerprint density at radius 2 is 1.81 bits per heavy atom. The molecule has 1 heterocycles. The number of anilines is 1. The molecule has 0 N–H and O–H groups in total. The quantitative estimate of drug-likeness (QED) is 0.744. The van der Waals surface area contributed by atoms with Crippen molar-refractivity contribution < 1.29 is 4.79 Å². The van der Waals surface area contributed by atoms with Gasteiger partial charge in [-0.1, -0.05) is 12.1 Å². The molecule has 3 rings (SSSR count). The molecule has 84 valence electrons. The summed E-state index contributed by atoms with van der Waals surface area (Å²) in [6, 6.07) is 8.59. The normalized spacial score (nSPS) is 20.7. The van der Waals surface area contributed by atoms with Crippen LogP contribution in [0.15, 0.2) is 24.3 Å². The lowest BCUT2D eigenvalue weighted by atomic mass is 10.1. The van der Waals surface area contributed by atoms with E-state index in [1.54, 1.807) is 4.90 Å². The van der Waals surface area contributed by atoms with Crippen molar-refractivity contribution >= 4 is 11.7 Å². The van der Waals surface area contributed by atoms with Crippen LogP contribution < -0.4 is 4.90 Å². The van der Waals surface area contributed by atoms with E-state index in [0.717, 1.165) is 24.7 Å². The van der Waals surface area contributed by atoms with E-state index in [1.165, 1.54) is 18.4 Å². The number of nitrogens with zero attached hydrogens (tertiary/aromatic N) is 2. The highest BCUT2D eigenvalue weighted by Crippen LogP contribution is 2.40. The molecule has 1 aliphatic heterocycles. The minimum absolute atomic E-state index is 0.110. The first-order valence-corrected chi connectivity index (χ1v) is 5.88. The van der Waals surface area contributed by atoms with Crippen LogP contribution >= 0.6 is 0 Å². The lowest BCUT2D eigenvalue weighted by Crippen LogP contribution is -2.29. The third-order valence-corrected chi connectivity index (χ3v) is 3.47. The van der Waals surface area contributed by atoms with Crippen LogP contribution in [0.5, 0.6) is 0 Å². The maximum atomic E-state index is 11.8. The summed E-state index contributed by atoms with van der Waals surface area (Å²) in [4.78, 5) is 15.4. The van der Waals surface area contributed by atoms with Crippen LogP contribution in [0.4, 0.5) is 10.5 Å². The van der Waals surface area contributed by atoms with Crippen LogP contribution in [0.2, 0.25) is 0 Å². The van der Waals surface area contributed by atoms with Gasteiger partial charge in [0.25, 0.3) is 0 Å². The Balaban J connectivity index is 1.81. The number of hydrogen-bond acceptors (Lipinski definition) is 1. The molecule has 3 heteroatoms. The van der Waals surface area contributed by atoms with Gasteiger partial charge in [-0.15, -0.1) is 0 Å². The van der Waals surface area contributed by atoms with Gasteiger partial charge < -0.3 is 4.90 Å². The molecule has 16 heavy (non-hydrogen) atoms. The Morgan fingerprint density at radius 1 is 1.12 bits per heavy atom. The van der Waals surface area contributed by atoms with Crippen molar-refractivity contribution in [2.45, 2.75) is 18.8 Å². The lowest BCUT2D eigenvalue weighted by molar-refractivity contribution is 0.229. The Hall–Kier alpha value is -1.51. The molecule has 1 saturated heterocycles. The summed E-state index contributed by atoms with van der Waals surface area (Å²) in [6.45, 7) is 1.63. The van der Waals surface area contributed by atoms with Crippen LogP contribution in [-0.4, -0.2) is 31.1 Å². The number of benzene rings is 1. The second kappa shape index (κ2) is 3.51. The fourth-order valence-electron chi connectivity index (χ4n) is 2.23. The van der Waals surface area contributed by atoms with Gasteiger partial charge in [-0.25, -0.2) is 4.79 Å². The number of amides is 2. The summed E-state index contributed by atoms with van der Waals surface area (Å²) in [5.74, 6) is 0.783. The predicted octanol–water partition coefficient (Wildman–Crippen LogP) is 2.44. The van der Waals surface area contributed by atoms with E-state index >= 15 is 0 Å². The summed E-state index contributed by atoms with van der Waals surface area (Å²) >= 11 is 0.